The number of methoxy groups -OCH3 is 3. The Hall–Kier alpha value is -2.64. The zero-order valence-corrected chi connectivity index (χ0v) is 15.7. The molecular weight excluding hydrogens is 340 g/mol. The molecule has 0 radical (unpaired) electrons. The number of piperidine rings is 1. The third-order valence-corrected chi connectivity index (χ3v) is 4.22. The molecule has 0 bridgehead atoms. The molecular formula is C18H26N2O6. The number of benzene rings is 1. The van der Waals surface area contributed by atoms with E-state index in [4.69, 9.17) is 18.9 Å². The third kappa shape index (κ3) is 4.50. The summed E-state index contributed by atoms with van der Waals surface area (Å²) in [7, 11) is 4.52. The first-order valence-electron chi connectivity index (χ1n) is 8.56. The van der Waals surface area contributed by atoms with Gasteiger partial charge in [-0.3, -0.25) is 4.79 Å². The summed E-state index contributed by atoms with van der Waals surface area (Å²) in [5, 5.41) is 2.80. The summed E-state index contributed by atoms with van der Waals surface area (Å²) >= 11 is 0. The monoisotopic (exact) mass is 366 g/mol. The van der Waals surface area contributed by atoms with E-state index in [0.29, 0.717) is 42.5 Å². The Balaban J connectivity index is 2.16. The lowest BCUT2D eigenvalue weighted by atomic mass is 10.0. The Morgan fingerprint density at radius 1 is 1.15 bits per heavy atom. The molecule has 1 atom stereocenters. The summed E-state index contributed by atoms with van der Waals surface area (Å²) in [6.07, 6.45) is 1.14. The summed E-state index contributed by atoms with van der Waals surface area (Å²) in [5.74, 6) is 1.13. The van der Waals surface area contributed by atoms with Gasteiger partial charge in [-0.2, -0.15) is 0 Å². The minimum atomic E-state index is -0.459. The first-order valence-corrected chi connectivity index (χ1v) is 8.56. The van der Waals surface area contributed by atoms with E-state index < -0.39 is 6.09 Å². The fourth-order valence-corrected chi connectivity index (χ4v) is 3.01. The first-order chi connectivity index (χ1) is 12.5. The van der Waals surface area contributed by atoms with Crippen LogP contribution in [0.3, 0.4) is 0 Å². The van der Waals surface area contributed by atoms with Crippen molar-refractivity contribution in [3.05, 3.63) is 17.7 Å². The number of rotatable bonds is 6. The highest BCUT2D eigenvalue weighted by Gasteiger charge is 2.27. The molecule has 1 aliphatic heterocycles. The number of hydrogen-bond acceptors (Lipinski definition) is 6. The molecule has 0 saturated carbocycles. The molecule has 8 nitrogen and oxygen atoms in total. The van der Waals surface area contributed by atoms with Crippen LogP contribution in [0.25, 0.3) is 0 Å². The highest BCUT2D eigenvalue weighted by atomic mass is 16.5. The number of alkyl carbamates (subject to hydrolysis) is 1. The molecule has 0 spiro atoms. The highest BCUT2D eigenvalue weighted by Crippen LogP contribution is 2.38. The zero-order valence-electron chi connectivity index (χ0n) is 15.7. The maximum Gasteiger partial charge on any atom is 0.407 e. The lowest BCUT2D eigenvalue weighted by molar-refractivity contribution is 0.0685. The normalized spacial score (nSPS) is 16.6. The molecule has 0 aliphatic carbocycles. The third-order valence-electron chi connectivity index (χ3n) is 4.22. The Bertz CT molecular complexity index is 624. The van der Waals surface area contributed by atoms with Gasteiger partial charge < -0.3 is 29.2 Å². The average Bonchev–Trinajstić information content (AvgIpc) is 2.66. The van der Waals surface area contributed by atoms with Crippen LogP contribution in [0.2, 0.25) is 0 Å². The van der Waals surface area contributed by atoms with E-state index in [1.165, 1.54) is 21.3 Å². The van der Waals surface area contributed by atoms with Crippen LogP contribution in [0.1, 0.15) is 30.1 Å². The van der Waals surface area contributed by atoms with Crippen LogP contribution in [0.5, 0.6) is 17.2 Å². The van der Waals surface area contributed by atoms with Gasteiger partial charge in [0.1, 0.15) is 0 Å². The average molecular weight is 366 g/mol. The molecule has 1 heterocycles. The quantitative estimate of drug-likeness (QED) is 0.829. The van der Waals surface area contributed by atoms with E-state index in [2.05, 4.69) is 5.32 Å². The van der Waals surface area contributed by atoms with Gasteiger partial charge >= 0.3 is 6.09 Å². The maximum atomic E-state index is 12.9. The van der Waals surface area contributed by atoms with Gasteiger partial charge in [0.2, 0.25) is 5.75 Å². The molecule has 1 aliphatic rings. The molecule has 1 fully saturated rings. The number of carbonyl (C=O) groups excluding carboxylic acids is 2. The Kier molecular flexibility index (Phi) is 6.94. The van der Waals surface area contributed by atoms with Crippen LogP contribution in [-0.2, 0) is 4.74 Å². The fourth-order valence-electron chi connectivity index (χ4n) is 3.01. The number of likely N-dealkylation sites (tertiary alicyclic amines) is 1. The van der Waals surface area contributed by atoms with Gasteiger partial charge in [0, 0.05) is 24.7 Å². The van der Waals surface area contributed by atoms with Gasteiger partial charge in [-0.15, -0.1) is 0 Å². The minimum Gasteiger partial charge on any atom is -0.493 e. The summed E-state index contributed by atoms with van der Waals surface area (Å²) in [4.78, 5) is 26.2. The van der Waals surface area contributed by atoms with E-state index >= 15 is 0 Å². The minimum absolute atomic E-state index is 0.131. The van der Waals surface area contributed by atoms with Gasteiger partial charge in [-0.05, 0) is 31.9 Å². The molecule has 1 aromatic carbocycles. The van der Waals surface area contributed by atoms with Crippen LogP contribution in [0.4, 0.5) is 4.79 Å². The summed E-state index contributed by atoms with van der Waals surface area (Å²) in [6.45, 7) is 3.11. The smallest absolute Gasteiger partial charge is 0.407 e. The van der Waals surface area contributed by atoms with E-state index in [9.17, 15) is 9.59 Å². The summed E-state index contributed by atoms with van der Waals surface area (Å²) in [5.41, 5.74) is 0.441. The molecule has 2 rings (SSSR count). The zero-order chi connectivity index (χ0) is 19.1. The molecule has 26 heavy (non-hydrogen) atoms. The summed E-state index contributed by atoms with van der Waals surface area (Å²) in [6, 6.07) is 3.13. The number of amides is 2. The van der Waals surface area contributed by atoms with Gasteiger partial charge in [0.05, 0.1) is 27.9 Å². The van der Waals surface area contributed by atoms with Crippen molar-refractivity contribution in [3.63, 3.8) is 0 Å². The van der Waals surface area contributed by atoms with Crippen molar-refractivity contribution in [3.8, 4) is 17.2 Å². The summed E-state index contributed by atoms with van der Waals surface area (Å²) < 4.78 is 20.8. The topological polar surface area (TPSA) is 86.3 Å². The number of ether oxygens (including phenoxy) is 4. The van der Waals surface area contributed by atoms with Crippen LogP contribution >= 0.6 is 0 Å². The fraction of sp³-hybridized carbons (Fsp3) is 0.556. The Morgan fingerprint density at radius 3 is 2.35 bits per heavy atom. The van der Waals surface area contributed by atoms with E-state index in [1.807, 2.05) is 0 Å². The van der Waals surface area contributed by atoms with E-state index in [0.717, 1.165) is 12.8 Å². The second-order valence-electron chi connectivity index (χ2n) is 5.87. The van der Waals surface area contributed by atoms with Gasteiger partial charge in [0.15, 0.2) is 11.5 Å². The lowest BCUT2D eigenvalue weighted by Crippen LogP contribution is -2.49. The SMILES string of the molecule is CCOC(=O)N[C@H]1CCCN(C(=O)c2cc(OC)c(OC)c(OC)c2)C1. The van der Waals surface area contributed by atoms with Crippen molar-refractivity contribution in [2.24, 2.45) is 0 Å². The number of hydrogen-bond donors (Lipinski definition) is 1. The van der Waals surface area contributed by atoms with E-state index in [-0.39, 0.29) is 11.9 Å². The van der Waals surface area contributed by atoms with Gasteiger partial charge in [0.25, 0.3) is 5.91 Å². The molecule has 0 unspecified atom stereocenters. The van der Waals surface area contributed by atoms with Crippen LogP contribution < -0.4 is 19.5 Å². The maximum absolute atomic E-state index is 12.9. The largest absolute Gasteiger partial charge is 0.493 e. The van der Waals surface area contributed by atoms with Crippen LogP contribution in [0.15, 0.2) is 12.1 Å². The highest BCUT2D eigenvalue weighted by molar-refractivity contribution is 5.95. The van der Waals surface area contributed by atoms with Crippen molar-refractivity contribution in [1.29, 1.82) is 0 Å². The van der Waals surface area contributed by atoms with Crippen molar-refractivity contribution >= 4 is 12.0 Å². The van der Waals surface area contributed by atoms with Crippen LogP contribution in [0, 0.1) is 0 Å². The number of nitrogens with zero attached hydrogens (tertiary/aromatic N) is 1. The molecule has 8 heteroatoms. The van der Waals surface area contributed by atoms with Crippen LogP contribution in [-0.4, -0.2) is 64.0 Å². The van der Waals surface area contributed by atoms with Gasteiger partial charge in [-0.25, -0.2) is 4.79 Å². The second-order valence-corrected chi connectivity index (χ2v) is 5.87. The predicted octanol–water partition coefficient (Wildman–Crippen LogP) is 2.06. The van der Waals surface area contributed by atoms with E-state index in [1.54, 1.807) is 24.0 Å². The second kappa shape index (κ2) is 9.17. The molecule has 1 saturated heterocycles. The molecule has 1 aromatic rings. The van der Waals surface area contributed by atoms with Crippen molar-refractivity contribution in [1.82, 2.24) is 10.2 Å². The Labute approximate surface area is 153 Å². The standard InChI is InChI=1S/C18H26N2O6/c1-5-26-18(22)19-13-7-6-8-20(11-13)17(21)12-9-14(23-2)16(25-4)15(10-12)24-3/h9-10,13H,5-8,11H2,1-4H3,(H,19,22)/t13-/m0/s1. The molecule has 0 aromatic heterocycles. The van der Waals surface area contributed by atoms with Gasteiger partial charge in [-0.1, -0.05) is 0 Å². The lowest BCUT2D eigenvalue weighted by Gasteiger charge is -2.33. The Morgan fingerprint density at radius 2 is 1.81 bits per heavy atom. The van der Waals surface area contributed by atoms with Crippen molar-refractivity contribution in [2.75, 3.05) is 41.0 Å². The van der Waals surface area contributed by atoms with Crippen molar-refractivity contribution in [2.45, 2.75) is 25.8 Å². The molecule has 144 valence electrons. The predicted molar refractivity (Wildman–Crippen MR) is 95.2 cm³/mol. The molecule has 2 amide bonds. The number of nitrogens with one attached hydrogen (secondary N) is 1. The number of carbonyl (C=O) groups is 2. The first kappa shape index (κ1) is 19.7. The van der Waals surface area contributed by atoms with Crippen molar-refractivity contribution < 1.29 is 28.5 Å². The molecule has 1 N–H and O–H groups in total.